The molecule has 0 aliphatic heterocycles. The Kier molecular flexibility index (Phi) is 3.08. The summed E-state index contributed by atoms with van der Waals surface area (Å²) in [6.45, 7) is 4.23. The first-order chi connectivity index (χ1) is 6.15. The highest BCUT2D eigenvalue weighted by molar-refractivity contribution is 5.46. The summed E-state index contributed by atoms with van der Waals surface area (Å²) in [6.07, 6.45) is 0. The number of nitrogen functional groups attached to an aromatic ring is 1. The molecule has 1 aromatic rings. The number of aromatic nitrogens is 1. The quantitative estimate of drug-likeness (QED) is 0.542. The maximum absolute atomic E-state index is 5.26. The lowest BCUT2D eigenvalue weighted by molar-refractivity contribution is 0.743. The molecule has 0 amide bonds. The van der Waals surface area contributed by atoms with Crippen molar-refractivity contribution in [3.63, 3.8) is 0 Å². The molecule has 13 heavy (non-hydrogen) atoms. The molecule has 0 fully saturated rings. The fourth-order valence-electron chi connectivity index (χ4n) is 0.965. The SMILES string of the molecule is CC(C)N(C)c1cccc(NN)n1. The summed E-state index contributed by atoms with van der Waals surface area (Å²) in [5.74, 6) is 6.87. The number of hydrogen-bond acceptors (Lipinski definition) is 4. The number of anilines is 2. The molecule has 0 aliphatic rings. The van der Waals surface area contributed by atoms with Gasteiger partial charge < -0.3 is 10.3 Å². The fourth-order valence-corrected chi connectivity index (χ4v) is 0.965. The van der Waals surface area contributed by atoms with Crippen molar-refractivity contribution in [3.8, 4) is 0 Å². The minimum absolute atomic E-state index is 0.431. The third-order valence-corrected chi connectivity index (χ3v) is 2.02. The van der Waals surface area contributed by atoms with E-state index in [4.69, 9.17) is 5.84 Å². The van der Waals surface area contributed by atoms with E-state index in [0.717, 1.165) is 5.82 Å². The van der Waals surface area contributed by atoms with Crippen molar-refractivity contribution in [1.29, 1.82) is 0 Å². The molecule has 1 heterocycles. The maximum atomic E-state index is 5.26. The normalized spacial score (nSPS) is 10.2. The minimum Gasteiger partial charge on any atom is -0.357 e. The minimum atomic E-state index is 0.431. The average Bonchev–Trinajstić information content (AvgIpc) is 2.16. The van der Waals surface area contributed by atoms with Crippen molar-refractivity contribution in [1.82, 2.24) is 4.98 Å². The van der Waals surface area contributed by atoms with Gasteiger partial charge in [-0.3, -0.25) is 0 Å². The fraction of sp³-hybridized carbons (Fsp3) is 0.444. The highest BCUT2D eigenvalue weighted by atomic mass is 15.3. The van der Waals surface area contributed by atoms with E-state index in [1.165, 1.54) is 0 Å². The molecule has 1 aromatic heterocycles. The van der Waals surface area contributed by atoms with Crippen molar-refractivity contribution < 1.29 is 0 Å². The smallest absolute Gasteiger partial charge is 0.142 e. The molecule has 0 spiro atoms. The first-order valence-electron chi connectivity index (χ1n) is 4.31. The van der Waals surface area contributed by atoms with Gasteiger partial charge in [0.25, 0.3) is 0 Å². The van der Waals surface area contributed by atoms with Gasteiger partial charge in [0, 0.05) is 13.1 Å². The lowest BCUT2D eigenvalue weighted by Crippen LogP contribution is -2.26. The van der Waals surface area contributed by atoms with Gasteiger partial charge >= 0.3 is 0 Å². The number of nitrogens with two attached hydrogens (primary N) is 1. The first kappa shape index (κ1) is 9.80. The molecule has 0 saturated carbocycles. The van der Waals surface area contributed by atoms with Gasteiger partial charge in [-0.15, -0.1) is 0 Å². The molecule has 72 valence electrons. The predicted molar refractivity (Wildman–Crippen MR) is 55.6 cm³/mol. The Labute approximate surface area is 78.7 Å². The van der Waals surface area contributed by atoms with Crippen LogP contribution in [-0.4, -0.2) is 18.1 Å². The molecule has 0 aromatic carbocycles. The molecule has 1 rings (SSSR count). The number of hydrazine groups is 1. The summed E-state index contributed by atoms with van der Waals surface area (Å²) in [5.41, 5.74) is 2.52. The Morgan fingerprint density at radius 2 is 2.15 bits per heavy atom. The molecule has 0 saturated heterocycles. The zero-order valence-corrected chi connectivity index (χ0v) is 8.28. The summed E-state index contributed by atoms with van der Waals surface area (Å²) in [6, 6.07) is 6.15. The lowest BCUT2D eigenvalue weighted by Gasteiger charge is -2.22. The molecule has 4 heteroatoms. The van der Waals surface area contributed by atoms with E-state index in [9.17, 15) is 0 Å². The van der Waals surface area contributed by atoms with Crippen molar-refractivity contribution in [2.45, 2.75) is 19.9 Å². The van der Waals surface area contributed by atoms with E-state index in [0.29, 0.717) is 11.9 Å². The van der Waals surface area contributed by atoms with E-state index in [1.54, 1.807) is 0 Å². The zero-order valence-electron chi connectivity index (χ0n) is 8.28. The van der Waals surface area contributed by atoms with Crippen LogP contribution >= 0.6 is 0 Å². The second-order valence-electron chi connectivity index (χ2n) is 3.23. The highest BCUT2D eigenvalue weighted by Gasteiger charge is 2.05. The number of nitrogens with one attached hydrogen (secondary N) is 1. The molecule has 0 aliphatic carbocycles. The third kappa shape index (κ3) is 2.32. The standard InChI is InChI=1S/C9H16N4/c1-7(2)13(3)9-6-4-5-8(11-9)12-10/h4-7H,10H2,1-3H3,(H,11,12). The van der Waals surface area contributed by atoms with Gasteiger partial charge in [0.2, 0.25) is 0 Å². The summed E-state index contributed by atoms with van der Waals surface area (Å²) < 4.78 is 0. The molecule has 0 bridgehead atoms. The zero-order chi connectivity index (χ0) is 9.84. The van der Waals surface area contributed by atoms with Crippen LogP contribution in [-0.2, 0) is 0 Å². The van der Waals surface area contributed by atoms with Gasteiger partial charge in [-0.2, -0.15) is 0 Å². The summed E-state index contributed by atoms with van der Waals surface area (Å²) >= 11 is 0. The molecular weight excluding hydrogens is 164 g/mol. The van der Waals surface area contributed by atoms with Gasteiger partial charge in [0.15, 0.2) is 0 Å². The Balaban J connectivity index is 2.88. The first-order valence-corrected chi connectivity index (χ1v) is 4.31. The Morgan fingerprint density at radius 3 is 2.69 bits per heavy atom. The maximum Gasteiger partial charge on any atom is 0.142 e. The number of hydrogen-bond donors (Lipinski definition) is 2. The third-order valence-electron chi connectivity index (χ3n) is 2.02. The van der Waals surface area contributed by atoms with E-state index in [1.807, 2.05) is 25.2 Å². The van der Waals surface area contributed by atoms with Gasteiger partial charge in [0.1, 0.15) is 11.6 Å². The van der Waals surface area contributed by atoms with Crippen molar-refractivity contribution >= 4 is 11.6 Å². The molecule has 0 unspecified atom stereocenters. The topological polar surface area (TPSA) is 54.2 Å². The predicted octanol–water partition coefficient (Wildman–Crippen LogP) is 1.21. The van der Waals surface area contributed by atoms with Gasteiger partial charge in [-0.25, -0.2) is 10.8 Å². The van der Waals surface area contributed by atoms with Gasteiger partial charge in [-0.1, -0.05) is 6.07 Å². The van der Waals surface area contributed by atoms with Gasteiger partial charge in [-0.05, 0) is 26.0 Å². The van der Waals surface area contributed by atoms with Crippen LogP contribution < -0.4 is 16.2 Å². The van der Waals surface area contributed by atoms with Crippen molar-refractivity contribution in [3.05, 3.63) is 18.2 Å². The van der Waals surface area contributed by atoms with Crippen LogP contribution in [0.25, 0.3) is 0 Å². The average molecular weight is 180 g/mol. The summed E-state index contributed by atoms with van der Waals surface area (Å²) in [7, 11) is 2.01. The van der Waals surface area contributed by atoms with E-state index >= 15 is 0 Å². The van der Waals surface area contributed by atoms with Crippen molar-refractivity contribution in [2.24, 2.45) is 5.84 Å². The van der Waals surface area contributed by atoms with Crippen LogP contribution in [0.1, 0.15) is 13.8 Å². The Morgan fingerprint density at radius 1 is 1.46 bits per heavy atom. The lowest BCUT2D eigenvalue weighted by atomic mass is 10.3. The molecular formula is C9H16N4. The van der Waals surface area contributed by atoms with Crippen LogP contribution in [0.4, 0.5) is 11.6 Å². The van der Waals surface area contributed by atoms with Crippen LogP contribution in [0.2, 0.25) is 0 Å². The van der Waals surface area contributed by atoms with Crippen LogP contribution in [0, 0.1) is 0 Å². The summed E-state index contributed by atoms with van der Waals surface area (Å²) in [4.78, 5) is 6.39. The van der Waals surface area contributed by atoms with E-state index < -0.39 is 0 Å². The second-order valence-corrected chi connectivity index (χ2v) is 3.23. The molecule has 0 radical (unpaired) electrons. The monoisotopic (exact) mass is 180 g/mol. The highest BCUT2D eigenvalue weighted by Crippen LogP contribution is 2.13. The van der Waals surface area contributed by atoms with Crippen LogP contribution in [0.15, 0.2) is 18.2 Å². The number of nitrogens with zero attached hydrogens (tertiary/aromatic N) is 2. The second kappa shape index (κ2) is 4.09. The molecule has 0 atom stereocenters. The van der Waals surface area contributed by atoms with Crippen LogP contribution in [0.5, 0.6) is 0 Å². The van der Waals surface area contributed by atoms with Crippen LogP contribution in [0.3, 0.4) is 0 Å². The van der Waals surface area contributed by atoms with Crippen molar-refractivity contribution in [2.75, 3.05) is 17.4 Å². The number of pyridine rings is 1. The Bertz CT molecular complexity index is 272. The number of rotatable bonds is 3. The summed E-state index contributed by atoms with van der Waals surface area (Å²) in [5, 5.41) is 0. The van der Waals surface area contributed by atoms with E-state index in [-0.39, 0.29) is 0 Å². The van der Waals surface area contributed by atoms with Gasteiger partial charge in [0.05, 0.1) is 0 Å². The van der Waals surface area contributed by atoms with E-state index in [2.05, 4.69) is 29.2 Å². The molecule has 4 nitrogen and oxygen atoms in total. The molecule has 3 N–H and O–H groups in total. The largest absolute Gasteiger partial charge is 0.357 e. The Hall–Kier alpha value is -1.29.